The van der Waals surface area contributed by atoms with E-state index in [0.717, 1.165) is 5.56 Å². The number of thiophene rings is 1. The molecule has 0 spiro atoms. The predicted octanol–water partition coefficient (Wildman–Crippen LogP) is 3.59. The monoisotopic (exact) mass is 251 g/mol. The molecule has 2 N–H and O–H groups in total. The predicted molar refractivity (Wildman–Crippen MR) is 54.5 cm³/mol. The summed E-state index contributed by atoms with van der Waals surface area (Å²) in [7, 11) is 0. The van der Waals surface area contributed by atoms with Gasteiger partial charge in [0.25, 0.3) is 0 Å². The molecule has 0 atom stereocenters. The highest BCUT2D eigenvalue weighted by atomic mass is 35.5. The quantitative estimate of drug-likeness (QED) is 0.813. The molecular formula is C5H5Cl4NS. The third kappa shape index (κ3) is 2.38. The molecule has 0 bridgehead atoms. The Bertz CT molecular complexity index is 247. The Balaban J connectivity index is 0.000001000. The summed E-state index contributed by atoms with van der Waals surface area (Å²) >= 11 is 18.3. The van der Waals surface area contributed by atoms with E-state index in [1.807, 2.05) is 0 Å². The van der Waals surface area contributed by atoms with E-state index in [1.165, 1.54) is 11.3 Å². The summed E-state index contributed by atoms with van der Waals surface area (Å²) in [6.45, 7) is 0.334. The molecule has 0 saturated carbocycles. The van der Waals surface area contributed by atoms with Crippen LogP contribution in [0.25, 0.3) is 0 Å². The normalized spacial score (nSPS) is 9.45. The second-order valence-electron chi connectivity index (χ2n) is 1.65. The van der Waals surface area contributed by atoms with Gasteiger partial charge < -0.3 is 5.73 Å². The Labute approximate surface area is 89.8 Å². The molecule has 0 aromatic carbocycles. The van der Waals surface area contributed by atoms with E-state index in [9.17, 15) is 0 Å². The summed E-state index contributed by atoms with van der Waals surface area (Å²) in [6.07, 6.45) is 0. The molecule has 0 fully saturated rings. The third-order valence-electron chi connectivity index (χ3n) is 1.06. The third-order valence-corrected chi connectivity index (χ3v) is 3.37. The van der Waals surface area contributed by atoms with E-state index in [-0.39, 0.29) is 12.4 Å². The summed E-state index contributed by atoms with van der Waals surface area (Å²) < 4.78 is 1.09. The van der Waals surface area contributed by atoms with Crippen molar-refractivity contribution in [1.82, 2.24) is 0 Å². The zero-order chi connectivity index (χ0) is 7.72. The van der Waals surface area contributed by atoms with Gasteiger partial charge in [-0.15, -0.1) is 23.7 Å². The minimum atomic E-state index is 0. The molecule has 0 aliphatic heterocycles. The van der Waals surface area contributed by atoms with Crippen LogP contribution in [0.1, 0.15) is 5.56 Å². The second-order valence-corrected chi connectivity index (χ2v) is 4.25. The number of nitrogens with two attached hydrogens (primary N) is 1. The van der Waals surface area contributed by atoms with Gasteiger partial charge in [0.15, 0.2) is 0 Å². The van der Waals surface area contributed by atoms with Crippen molar-refractivity contribution in [3.05, 3.63) is 19.3 Å². The maximum Gasteiger partial charge on any atom is 0.113 e. The van der Waals surface area contributed by atoms with Gasteiger partial charge in [-0.1, -0.05) is 34.8 Å². The lowest BCUT2D eigenvalue weighted by Crippen LogP contribution is -1.94. The summed E-state index contributed by atoms with van der Waals surface area (Å²) in [5.41, 5.74) is 6.08. The number of halogens is 4. The lowest BCUT2D eigenvalue weighted by molar-refractivity contribution is 1.08. The molecule has 0 saturated heterocycles. The molecule has 0 aliphatic rings. The van der Waals surface area contributed by atoms with Gasteiger partial charge in [0.05, 0.1) is 5.02 Å². The number of rotatable bonds is 1. The van der Waals surface area contributed by atoms with Crippen LogP contribution in [0.15, 0.2) is 0 Å². The van der Waals surface area contributed by atoms with E-state index in [0.29, 0.717) is 20.2 Å². The van der Waals surface area contributed by atoms with Gasteiger partial charge in [-0.25, -0.2) is 0 Å². The summed E-state index contributed by atoms with van der Waals surface area (Å²) in [5, 5.41) is 0.485. The SMILES string of the molecule is Cl.NCc1c(Cl)sc(Cl)c1Cl. The Morgan fingerprint density at radius 3 is 1.91 bits per heavy atom. The fourth-order valence-corrected chi connectivity index (χ4v) is 2.50. The smallest absolute Gasteiger partial charge is 0.113 e. The van der Waals surface area contributed by atoms with Gasteiger partial charge in [0.2, 0.25) is 0 Å². The summed E-state index contributed by atoms with van der Waals surface area (Å²) in [5.74, 6) is 0. The van der Waals surface area contributed by atoms with Gasteiger partial charge in [-0.05, 0) is 0 Å². The van der Waals surface area contributed by atoms with E-state index in [1.54, 1.807) is 0 Å². The van der Waals surface area contributed by atoms with Crippen molar-refractivity contribution in [2.75, 3.05) is 0 Å². The fourth-order valence-electron chi connectivity index (χ4n) is 0.560. The van der Waals surface area contributed by atoms with Crippen molar-refractivity contribution in [2.24, 2.45) is 5.73 Å². The Kier molecular flexibility index (Phi) is 5.10. The van der Waals surface area contributed by atoms with Gasteiger partial charge in [-0.2, -0.15) is 0 Å². The zero-order valence-electron chi connectivity index (χ0n) is 5.23. The van der Waals surface area contributed by atoms with E-state index >= 15 is 0 Å². The van der Waals surface area contributed by atoms with Crippen molar-refractivity contribution >= 4 is 58.5 Å². The number of hydrogen-bond acceptors (Lipinski definition) is 2. The van der Waals surface area contributed by atoms with Crippen LogP contribution in [-0.4, -0.2) is 0 Å². The molecule has 64 valence electrons. The van der Waals surface area contributed by atoms with Crippen molar-refractivity contribution in [1.29, 1.82) is 0 Å². The molecule has 1 aromatic heterocycles. The van der Waals surface area contributed by atoms with Gasteiger partial charge in [0.1, 0.15) is 8.67 Å². The van der Waals surface area contributed by atoms with E-state index in [2.05, 4.69) is 0 Å². The highest BCUT2D eigenvalue weighted by Crippen LogP contribution is 2.39. The van der Waals surface area contributed by atoms with Crippen LogP contribution in [0.5, 0.6) is 0 Å². The average molecular weight is 253 g/mol. The summed E-state index contributed by atoms with van der Waals surface area (Å²) in [6, 6.07) is 0. The van der Waals surface area contributed by atoms with E-state index in [4.69, 9.17) is 40.5 Å². The topological polar surface area (TPSA) is 26.0 Å². The largest absolute Gasteiger partial charge is 0.326 e. The van der Waals surface area contributed by atoms with Crippen LogP contribution in [0.3, 0.4) is 0 Å². The Hall–Kier alpha value is 0.820. The van der Waals surface area contributed by atoms with Crippen molar-refractivity contribution < 1.29 is 0 Å². The van der Waals surface area contributed by atoms with Gasteiger partial charge in [0, 0.05) is 12.1 Å². The van der Waals surface area contributed by atoms with Crippen molar-refractivity contribution in [3.8, 4) is 0 Å². The average Bonchev–Trinajstić information content (AvgIpc) is 2.09. The first-order chi connectivity index (χ1) is 4.66. The first-order valence-electron chi connectivity index (χ1n) is 2.49. The van der Waals surface area contributed by atoms with Gasteiger partial charge in [-0.3, -0.25) is 0 Å². The Morgan fingerprint density at radius 1 is 1.18 bits per heavy atom. The highest BCUT2D eigenvalue weighted by Gasteiger charge is 2.11. The molecule has 0 amide bonds. The lowest BCUT2D eigenvalue weighted by Gasteiger charge is -1.90. The van der Waals surface area contributed by atoms with Crippen LogP contribution in [0.2, 0.25) is 13.7 Å². The van der Waals surface area contributed by atoms with Crippen molar-refractivity contribution in [2.45, 2.75) is 6.54 Å². The van der Waals surface area contributed by atoms with Crippen LogP contribution in [0, 0.1) is 0 Å². The maximum absolute atomic E-state index is 5.73. The highest BCUT2D eigenvalue weighted by molar-refractivity contribution is 7.20. The van der Waals surface area contributed by atoms with Crippen LogP contribution in [-0.2, 0) is 6.54 Å². The second kappa shape index (κ2) is 4.75. The molecular weight excluding hydrogens is 248 g/mol. The molecule has 11 heavy (non-hydrogen) atoms. The lowest BCUT2D eigenvalue weighted by atomic mass is 10.3. The Morgan fingerprint density at radius 2 is 1.73 bits per heavy atom. The molecule has 1 nitrogen and oxygen atoms in total. The van der Waals surface area contributed by atoms with Gasteiger partial charge >= 0.3 is 0 Å². The molecule has 1 heterocycles. The maximum atomic E-state index is 5.73. The fraction of sp³-hybridized carbons (Fsp3) is 0.200. The molecule has 6 heteroatoms. The van der Waals surface area contributed by atoms with Crippen LogP contribution in [0.4, 0.5) is 0 Å². The minimum Gasteiger partial charge on any atom is -0.326 e. The summed E-state index contributed by atoms with van der Waals surface area (Å²) in [4.78, 5) is 0. The van der Waals surface area contributed by atoms with Crippen LogP contribution >= 0.6 is 58.5 Å². The molecule has 1 rings (SSSR count). The van der Waals surface area contributed by atoms with E-state index < -0.39 is 0 Å². The number of hydrogen-bond donors (Lipinski definition) is 1. The molecule has 0 radical (unpaired) electrons. The van der Waals surface area contributed by atoms with Crippen LogP contribution < -0.4 is 5.73 Å². The first-order valence-corrected chi connectivity index (χ1v) is 4.44. The first kappa shape index (κ1) is 11.8. The molecule has 1 aromatic rings. The zero-order valence-corrected chi connectivity index (χ0v) is 9.14. The minimum absolute atomic E-state index is 0. The standard InChI is InChI=1S/C5H4Cl3NS.ClH/c6-3-2(1-9)4(7)10-5(3)8;/h1,9H2;1H. The molecule has 0 aliphatic carbocycles. The van der Waals surface area contributed by atoms with Crippen molar-refractivity contribution in [3.63, 3.8) is 0 Å². The molecule has 0 unspecified atom stereocenters.